The van der Waals surface area contributed by atoms with Crippen molar-refractivity contribution in [3.8, 4) is 0 Å². The number of aliphatic hydroxyl groups is 1. The molecule has 0 heterocycles. The Morgan fingerprint density at radius 3 is 2.75 bits per heavy atom. The van der Waals surface area contributed by atoms with Crippen LogP contribution < -0.4 is 0 Å². The summed E-state index contributed by atoms with van der Waals surface area (Å²) < 4.78 is 0. The largest absolute Gasteiger partial charge is 0.393 e. The molecule has 1 heteroatoms. The van der Waals surface area contributed by atoms with Crippen LogP contribution >= 0.6 is 0 Å². The van der Waals surface area contributed by atoms with Crippen LogP contribution in [0.4, 0.5) is 0 Å². The molecule has 0 aliphatic heterocycles. The number of hydrogen-bond acceptors (Lipinski definition) is 1. The van der Waals surface area contributed by atoms with Gasteiger partial charge in [-0.2, -0.15) is 0 Å². The van der Waals surface area contributed by atoms with Crippen molar-refractivity contribution in [2.24, 2.45) is 17.8 Å². The summed E-state index contributed by atoms with van der Waals surface area (Å²) in [6.07, 6.45) is 11.2. The summed E-state index contributed by atoms with van der Waals surface area (Å²) in [7, 11) is 0. The van der Waals surface area contributed by atoms with Gasteiger partial charge in [-0.3, -0.25) is 0 Å². The highest BCUT2D eigenvalue weighted by molar-refractivity contribution is 5.03. The first kappa shape index (κ1) is 12.2. The third-order valence-corrected chi connectivity index (χ3v) is 4.78. The van der Waals surface area contributed by atoms with Gasteiger partial charge in [0, 0.05) is 0 Å². The summed E-state index contributed by atoms with van der Waals surface area (Å²) in [6.45, 7) is 4.64. The average molecular weight is 222 g/mol. The van der Waals surface area contributed by atoms with E-state index in [4.69, 9.17) is 0 Å². The normalized spacial score (nSPS) is 37.2. The second-order valence-electron chi connectivity index (χ2n) is 6.06. The van der Waals surface area contributed by atoms with E-state index in [0.29, 0.717) is 5.92 Å². The van der Waals surface area contributed by atoms with Crippen molar-refractivity contribution in [2.75, 3.05) is 0 Å². The summed E-state index contributed by atoms with van der Waals surface area (Å²) in [4.78, 5) is 0. The molecule has 1 fully saturated rings. The zero-order chi connectivity index (χ0) is 11.5. The van der Waals surface area contributed by atoms with Crippen LogP contribution in [-0.4, -0.2) is 11.2 Å². The first-order valence-corrected chi connectivity index (χ1v) is 7.00. The van der Waals surface area contributed by atoms with Gasteiger partial charge in [0.1, 0.15) is 0 Å². The lowest BCUT2D eigenvalue weighted by Gasteiger charge is -2.29. The minimum absolute atomic E-state index is 0.00307. The van der Waals surface area contributed by atoms with Crippen molar-refractivity contribution in [1.29, 1.82) is 0 Å². The summed E-state index contributed by atoms with van der Waals surface area (Å²) in [5.41, 5.74) is 1.57. The van der Waals surface area contributed by atoms with Gasteiger partial charge in [-0.1, -0.05) is 25.0 Å². The molecule has 0 aromatic rings. The van der Waals surface area contributed by atoms with Crippen LogP contribution in [-0.2, 0) is 0 Å². The van der Waals surface area contributed by atoms with E-state index in [1.807, 2.05) is 0 Å². The fourth-order valence-corrected chi connectivity index (χ4v) is 3.46. The maximum atomic E-state index is 9.87. The Hall–Kier alpha value is -0.300. The molecule has 0 aromatic carbocycles. The average Bonchev–Trinajstić information content (AvgIpc) is 2.65. The predicted octanol–water partition coefficient (Wildman–Crippen LogP) is 3.92. The Balaban J connectivity index is 1.81. The zero-order valence-electron chi connectivity index (χ0n) is 10.8. The highest BCUT2D eigenvalue weighted by atomic mass is 16.3. The molecule has 2 aliphatic carbocycles. The molecule has 0 amide bonds. The van der Waals surface area contributed by atoms with Crippen molar-refractivity contribution in [3.05, 3.63) is 11.6 Å². The summed E-state index contributed by atoms with van der Waals surface area (Å²) in [5.74, 6) is 2.26. The smallest absolute Gasteiger partial charge is 0.0568 e. The van der Waals surface area contributed by atoms with E-state index in [0.717, 1.165) is 18.3 Å². The Bertz CT molecular complexity index is 256. The van der Waals surface area contributed by atoms with Crippen molar-refractivity contribution in [1.82, 2.24) is 0 Å². The molecule has 1 saturated carbocycles. The zero-order valence-corrected chi connectivity index (χ0v) is 10.8. The molecule has 1 nitrogen and oxygen atoms in total. The van der Waals surface area contributed by atoms with E-state index < -0.39 is 0 Å². The number of aliphatic hydroxyl groups excluding tert-OH is 1. The van der Waals surface area contributed by atoms with Crippen molar-refractivity contribution >= 4 is 0 Å². The molecule has 16 heavy (non-hydrogen) atoms. The third-order valence-electron chi connectivity index (χ3n) is 4.78. The van der Waals surface area contributed by atoms with Gasteiger partial charge < -0.3 is 5.11 Å². The van der Waals surface area contributed by atoms with E-state index >= 15 is 0 Å². The van der Waals surface area contributed by atoms with Gasteiger partial charge in [-0.25, -0.2) is 0 Å². The lowest BCUT2D eigenvalue weighted by molar-refractivity contribution is 0.109. The van der Waals surface area contributed by atoms with Gasteiger partial charge in [0.05, 0.1) is 6.10 Å². The second kappa shape index (κ2) is 5.35. The fraction of sp³-hybridized carbons (Fsp3) is 0.867. The fourth-order valence-electron chi connectivity index (χ4n) is 3.46. The summed E-state index contributed by atoms with van der Waals surface area (Å²) in [6, 6.07) is 0. The molecule has 0 radical (unpaired) electrons. The van der Waals surface area contributed by atoms with E-state index in [1.54, 1.807) is 5.57 Å². The highest BCUT2D eigenvalue weighted by Crippen LogP contribution is 2.37. The minimum atomic E-state index is 0.00307. The SMILES string of the molecule is CC1=CCC(C(C)C[C@@H]2CCC[C@@H]2O)CC1. The Morgan fingerprint density at radius 1 is 1.38 bits per heavy atom. The van der Waals surface area contributed by atoms with Gasteiger partial charge in [0.15, 0.2) is 0 Å². The Labute approximate surface area is 99.9 Å². The first-order valence-electron chi connectivity index (χ1n) is 7.00. The molecule has 0 spiro atoms. The molecule has 0 bridgehead atoms. The molecular formula is C15H26O. The highest BCUT2D eigenvalue weighted by Gasteiger charge is 2.29. The minimum Gasteiger partial charge on any atom is -0.393 e. The van der Waals surface area contributed by atoms with Crippen molar-refractivity contribution in [3.63, 3.8) is 0 Å². The predicted molar refractivity (Wildman–Crippen MR) is 68.2 cm³/mol. The topological polar surface area (TPSA) is 20.2 Å². The number of rotatable bonds is 3. The maximum absolute atomic E-state index is 9.87. The molecule has 0 aromatic heterocycles. The molecule has 2 rings (SSSR count). The van der Waals surface area contributed by atoms with Gasteiger partial charge in [0.2, 0.25) is 0 Å². The third kappa shape index (κ3) is 2.88. The number of allylic oxidation sites excluding steroid dienone is 2. The van der Waals surface area contributed by atoms with E-state index in [1.165, 1.54) is 38.5 Å². The van der Waals surface area contributed by atoms with Crippen LogP contribution in [0.1, 0.15) is 58.8 Å². The maximum Gasteiger partial charge on any atom is 0.0568 e. The number of hydrogen-bond donors (Lipinski definition) is 1. The van der Waals surface area contributed by atoms with E-state index in [9.17, 15) is 5.11 Å². The molecule has 1 N–H and O–H groups in total. The molecule has 92 valence electrons. The first-order chi connectivity index (χ1) is 7.66. The van der Waals surface area contributed by atoms with Crippen molar-refractivity contribution in [2.45, 2.75) is 64.9 Å². The summed E-state index contributed by atoms with van der Waals surface area (Å²) in [5, 5.41) is 9.87. The Morgan fingerprint density at radius 2 is 2.19 bits per heavy atom. The lowest BCUT2D eigenvalue weighted by Crippen LogP contribution is -2.21. The van der Waals surface area contributed by atoms with Gasteiger partial charge in [0.25, 0.3) is 0 Å². The van der Waals surface area contributed by atoms with Crippen LogP contribution in [0.2, 0.25) is 0 Å². The van der Waals surface area contributed by atoms with Gasteiger partial charge in [-0.15, -0.1) is 0 Å². The monoisotopic (exact) mass is 222 g/mol. The van der Waals surface area contributed by atoms with Crippen LogP contribution in [0.5, 0.6) is 0 Å². The lowest BCUT2D eigenvalue weighted by atomic mass is 9.77. The molecule has 0 saturated heterocycles. The second-order valence-corrected chi connectivity index (χ2v) is 6.06. The standard InChI is InChI=1S/C15H26O/c1-11-6-8-13(9-7-11)12(2)10-14-4-3-5-15(14)16/h6,12-16H,3-5,7-10H2,1-2H3/t12?,13?,14-,15-/m0/s1. The molecule has 2 aliphatic rings. The quantitative estimate of drug-likeness (QED) is 0.718. The van der Waals surface area contributed by atoms with Crippen LogP contribution in [0, 0.1) is 17.8 Å². The van der Waals surface area contributed by atoms with Gasteiger partial charge >= 0.3 is 0 Å². The summed E-state index contributed by atoms with van der Waals surface area (Å²) >= 11 is 0. The van der Waals surface area contributed by atoms with Gasteiger partial charge in [-0.05, 0) is 63.2 Å². The van der Waals surface area contributed by atoms with Crippen molar-refractivity contribution < 1.29 is 5.11 Å². The molecule has 4 atom stereocenters. The van der Waals surface area contributed by atoms with Crippen LogP contribution in [0.25, 0.3) is 0 Å². The van der Waals surface area contributed by atoms with Crippen LogP contribution in [0.15, 0.2) is 11.6 Å². The van der Waals surface area contributed by atoms with E-state index in [2.05, 4.69) is 19.9 Å². The van der Waals surface area contributed by atoms with E-state index in [-0.39, 0.29) is 6.10 Å². The molecular weight excluding hydrogens is 196 g/mol. The van der Waals surface area contributed by atoms with Crippen LogP contribution in [0.3, 0.4) is 0 Å². The Kier molecular flexibility index (Phi) is 4.07. The molecule has 2 unspecified atom stereocenters.